The summed E-state index contributed by atoms with van der Waals surface area (Å²) in [4.78, 5) is 40.9. The summed E-state index contributed by atoms with van der Waals surface area (Å²) in [7, 11) is 0. The molecule has 1 amide bonds. The minimum atomic E-state index is -0.489. The zero-order chi connectivity index (χ0) is 20.2. The zero-order valence-electron chi connectivity index (χ0n) is 16.3. The topological polar surface area (TPSA) is 81.1 Å². The molecule has 1 aromatic carbocycles. The van der Waals surface area contributed by atoms with E-state index in [1.165, 1.54) is 10.6 Å². The summed E-state index contributed by atoms with van der Waals surface area (Å²) in [5, 5.41) is 2.67. The molecule has 0 aliphatic carbocycles. The molecule has 0 radical (unpaired) electrons. The summed E-state index contributed by atoms with van der Waals surface area (Å²) < 4.78 is 1.48. The number of nitrogens with zero attached hydrogens (tertiary/aromatic N) is 2. The predicted octanol–water partition coefficient (Wildman–Crippen LogP) is 3.49. The summed E-state index contributed by atoms with van der Waals surface area (Å²) in [5.41, 5.74) is -0.0232. The highest BCUT2D eigenvalue weighted by molar-refractivity contribution is 6.05. The maximum atomic E-state index is 12.5. The molecule has 2 rings (SSSR count). The van der Waals surface area contributed by atoms with Gasteiger partial charge in [0.2, 0.25) is 0 Å². The van der Waals surface area contributed by atoms with Crippen LogP contribution in [0.15, 0.2) is 47.4 Å². The first-order valence-electron chi connectivity index (χ1n) is 8.82. The fourth-order valence-electron chi connectivity index (χ4n) is 2.31. The molecule has 27 heavy (non-hydrogen) atoms. The van der Waals surface area contributed by atoms with Crippen molar-refractivity contribution < 1.29 is 9.59 Å². The molecule has 0 unspecified atom stereocenters. The van der Waals surface area contributed by atoms with Gasteiger partial charge < -0.3 is 5.32 Å². The summed E-state index contributed by atoms with van der Waals surface area (Å²) >= 11 is 0. The lowest BCUT2D eigenvalue weighted by Gasteiger charge is -2.23. The standard InChI is InChI=1S/C21H25N3O3/c1-14(2)17(25)12-11-16-13-24(21(3,4)5)20(27)23-18(16)22-19(26)15-9-7-6-8-10-15/h6-14H,1-5H3,(H,22,23,26,27)/b12-11+. The monoisotopic (exact) mass is 367 g/mol. The fourth-order valence-corrected chi connectivity index (χ4v) is 2.31. The normalized spacial score (nSPS) is 11.8. The maximum Gasteiger partial charge on any atom is 0.350 e. The Hall–Kier alpha value is -3.02. The number of hydrogen-bond donors (Lipinski definition) is 1. The molecule has 2 aromatic rings. The lowest BCUT2D eigenvalue weighted by Crippen LogP contribution is -2.36. The molecule has 1 N–H and O–H groups in total. The Morgan fingerprint density at radius 3 is 2.33 bits per heavy atom. The Morgan fingerprint density at radius 2 is 1.78 bits per heavy atom. The van der Waals surface area contributed by atoms with Crippen LogP contribution in [-0.2, 0) is 10.3 Å². The van der Waals surface area contributed by atoms with Gasteiger partial charge >= 0.3 is 5.69 Å². The van der Waals surface area contributed by atoms with Gasteiger partial charge in [-0.25, -0.2) is 4.79 Å². The highest BCUT2D eigenvalue weighted by Crippen LogP contribution is 2.18. The molecular weight excluding hydrogens is 342 g/mol. The van der Waals surface area contributed by atoms with Gasteiger partial charge in [-0.05, 0) is 45.1 Å². The first-order chi connectivity index (χ1) is 12.6. The van der Waals surface area contributed by atoms with E-state index in [0.29, 0.717) is 11.1 Å². The van der Waals surface area contributed by atoms with E-state index in [1.54, 1.807) is 50.4 Å². The molecule has 0 bridgehead atoms. The van der Waals surface area contributed by atoms with Crippen molar-refractivity contribution in [1.29, 1.82) is 0 Å². The Morgan fingerprint density at radius 1 is 1.15 bits per heavy atom. The third-order valence-corrected chi connectivity index (χ3v) is 3.94. The summed E-state index contributed by atoms with van der Waals surface area (Å²) in [6, 6.07) is 8.66. The number of carbonyl (C=O) groups excluding carboxylic acids is 2. The van der Waals surface area contributed by atoms with Crippen molar-refractivity contribution in [2.24, 2.45) is 5.92 Å². The van der Waals surface area contributed by atoms with Gasteiger partial charge in [-0.2, -0.15) is 4.98 Å². The molecule has 6 nitrogen and oxygen atoms in total. The van der Waals surface area contributed by atoms with Gasteiger partial charge in [0.25, 0.3) is 5.91 Å². The van der Waals surface area contributed by atoms with Crippen LogP contribution in [0.3, 0.4) is 0 Å². The first kappa shape index (κ1) is 20.3. The average molecular weight is 367 g/mol. The Labute approximate surface area is 158 Å². The van der Waals surface area contributed by atoms with Crippen molar-refractivity contribution in [2.75, 3.05) is 5.32 Å². The SMILES string of the molecule is CC(C)C(=O)/C=C/c1cn(C(C)(C)C)c(=O)nc1NC(=O)c1ccccc1. The number of hydrogen-bond acceptors (Lipinski definition) is 4. The van der Waals surface area contributed by atoms with Crippen LogP contribution in [0.1, 0.15) is 50.5 Å². The molecule has 0 fully saturated rings. The lowest BCUT2D eigenvalue weighted by atomic mass is 10.1. The lowest BCUT2D eigenvalue weighted by molar-refractivity contribution is -0.117. The quantitative estimate of drug-likeness (QED) is 0.820. The molecule has 0 aliphatic rings. The van der Waals surface area contributed by atoms with Crippen LogP contribution in [0.2, 0.25) is 0 Å². The molecule has 0 spiro atoms. The van der Waals surface area contributed by atoms with Gasteiger partial charge in [-0.15, -0.1) is 0 Å². The number of amides is 1. The van der Waals surface area contributed by atoms with Crippen LogP contribution in [0.5, 0.6) is 0 Å². The number of aromatic nitrogens is 2. The summed E-state index contributed by atoms with van der Waals surface area (Å²) in [6.45, 7) is 9.25. The molecule has 1 heterocycles. The number of carbonyl (C=O) groups is 2. The van der Waals surface area contributed by atoms with E-state index in [-0.39, 0.29) is 23.4 Å². The second-order valence-electron chi connectivity index (χ2n) is 7.58. The van der Waals surface area contributed by atoms with Crippen molar-refractivity contribution in [3.63, 3.8) is 0 Å². The van der Waals surface area contributed by atoms with Crippen molar-refractivity contribution in [1.82, 2.24) is 9.55 Å². The fraction of sp³-hybridized carbons (Fsp3) is 0.333. The van der Waals surface area contributed by atoms with E-state index in [9.17, 15) is 14.4 Å². The van der Waals surface area contributed by atoms with Gasteiger partial charge in [0.15, 0.2) is 5.78 Å². The molecule has 6 heteroatoms. The van der Waals surface area contributed by atoms with Crippen molar-refractivity contribution >= 4 is 23.6 Å². The van der Waals surface area contributed by atoms with Crippen LogP contribution < -0.4 is 11.0 Å². The maximum absolute atomic E-state index is 12.5. The number of ketones is 1. The average Bonchev–Trinajstić information content (AvgIpc) is 2.60. The van der Waals surface area contributed by atoms with E-state index in [4.69, 9.17) is 0 Å². The van der Waals surface area contributed by atoms with Crippen LogP contribution >= 0.6 is 0 Å². The van der Waals surface area contributed by atoms with Gasteiger partial charge in [0, 0.05) is 28.8 Å². The number of anilines is 1. The summed E-state index contributed by atoms with van der Waals surface area (Å²) in [6.07, 6.45) is 4.63. The molecule has 0 saturated heterocycles. The Kier molecular flexibility index (Phi) is 6.10. The molecule has 0 atom stereocenters. The molecule has 0 saturated carbocycles. The van der Waals surface area contributed by atoms with Gasteiger partial charge in [-0.3, -0.25) is 14.2 Å². The Balaban J connectivity index is 2.48. The minimum Gasteiger partial charge on any atom is -0.306 e. The number of allylic oxidation sites excluding steroid dienone is 1. The van der Waals surface area contributed by atoms with E-state index in [0.717, 1.165) is 0 Å². The zero-order valence-corrected chi connectivity index (χ0v) is 16.3. The largest absolute Gasteiger partial charge is 0.350 e. The summed E-state index contributed by atoms with van der Waals surface area (Å²) in [5.74, 6) is -0.447. The van der Waals surface area contributed by atoms with Crippen molar-refractivity contribution in [3.05, 3.63) is 64.2 Å². The van der Waals surface area contributed by atoms with Crippen LogP contribution in [-0.4, -0.2) is 21.2 Å². The Bertz CT molecular complexity index is 920. The third kappa shape index (κ3) is 5.23. The second kappa shape index (κ2) is 8.12. The number of benzene rings is 1. The van der Waals surface area contributed by atoms with E-state index in [1.807, 2.05) is 26.8 Å². The molecular formula is C21H25N3O3. The van der Waals surface area contributed by atoms with Crippen molar-refractivity contribution in [2.45, 2.75) is 40.2 Å². The van der Waals surface area contributed by atoms with E-state index >= 15 is 0 Å². The molecule has 1 aromatic heterocycles. The minimum absolute atomic E-state index is 0.0520. The highest BCUT2D eigenvalue weighted by atomic mass is 16.2. The smallest absolute Gasteiger partial charge is 0.306 e. The number of nitrogens with one attached hydrogen (secondary N) is 1. The third-order valence-electron chi connectivity index (χ3n) is 3.94. The highest BCUT2D eigenvalue weighted by Gasteiger charge is 2.19. The van der Waals surface area contributed by atoms with Crippen LogP contribution in [0.25, 0.3) is 6.08 Å². The molecule has 142 valence electrons. The predicted molar refractivity (Wildman–Crippen MR) is 107 cm³/mol. The van der Waals surface area contributed by atoms with Crippen LogP contribution in [0.4, 0.5) is 5.82 Å². The van der Waals surface area contributed by atoms with E-state index < -0.39 is 11.2 Å². The van der Waals surface area contributed by atoms with Gasteiger partial charge in [-0.1, -0.05) is 32.0 Å². The van der Waals surface area contributed by atoms with E-state index in [2.05, 4.69) is 10.3 Å². The van der Waals surface area contributed by atoms with Gasteiger partial charge in [0.05, 0.1) is 0 Å². The number of rotatable bonds is 5. The van der Waals surface area contributed by atoms with Crippen molar-refractivity contribution in [3.8, 4) is 0 Å². The first-order valence-corrected chi connectivity index (χ1v) is 8.82. The second-order valence-corrected chi connectivity index (χ2v) is 7.58. The molecule has 0 aliphatic heterocycles. The van der Waals surface area contributed by atoms with Gasteiger partial charge in [0.1, 0.15) is 5.82 Å². The van der Waals surface area contributed by atoms with Crippen LogP contribution in [0, 0.1) is 5.92 Å².